The van der Waals surface area contributed by atoms with Crippen LogP contribution in [0, 0.1) is 0 Å². The van der Waals surface area contributed by atoms with Gasteiger partial charge in [-0.05, 0) is 12.1 Å². The molecule has 0 radical (unpaired) electrons. The summed E-state index contributed by atoms with van der Waals surface area (Å²) < 4.78 is 38.9. The Hall–Kier alpha value is -1.79. The third kappa shape index (κ3) is 2.72. The maximum Gasteiger partial charge on any atom is 0.410 e. The van der Waals surface area contributed by atoms with Gasteiger partial charge in [0, 0.05) is 37.6 Å². The first-order valence-corrected chi connectivity index (χ1v) is 5.48. The fourth-order valence-electron chi connectivity index (χ4n) is 1.92. The minimum absolute atomic E-state index is 0.0417. The van der Waals surface area contributed by atoms with E-state index in [1.165, 1.54) is 29.4 Å². The number of anilines is 1. The zero-order chi connectivity index (χ0) is 13.2. The molecule has 7 heteroatoms. The average molecular weight is 259 g/mol. The molecule has 1 N–H and O–H groups in total. The summed E-state index contributed by atoms with van der Waals surface area (Å²) in [5.74, 6) is -0.360. The van der Waals surface area contributed by atoms with Gasteiger partial charge in [0.15, 0.2) is 0 Å². The topological polar surface area (TPSA) is 45.2 Å². The van der Waals surface area contributed by atoms with Gasteiger partial charge in [-0.1, -0.05) is 0 Å². The van der Waals surface area contributed by atoms with Crippen LogP contribution in [0.4, 0.5) is 18.9 Å². The molecule has 1 atom stereocenters. The van der Waals surface area contributed by atoms with Crippen LogP contribution in [0.5, 0.6) is 0 Å². The quantitative estimate of drug-likeness (QED) is 0.827. The van der Waals surface area contributed by atoms with E-state index in [0.29, 0.717) is 5.69 Å². The second kappa shape index (κ2) is 4.83. The SMILES string of the molecule is O=C1CCN(c2ccncc2)C(C(F)(F)F)CN1. The number of alkyl halides is 3. The predicted molar refractivity (Wildman–Crippen MR) is 59.1 cm³/mol. The number of carbonyl (C=O) groups is 1. The lowest BCUT2D eigenvalue weighted by Crippen LogP contribution is -2.50. The van der Waals surface area contributed by atoms with Crippen LogP contribution in [0.3, 0.4) is 0 Å². The molecule has 0 aliphatic carbocycles. The van der Waals surface area contributed by atoms with Crippen molar-refractivity contribution >= 4 is 11.6 Å². The number of hydrogen-bond donors (Lipinski definition) is 1. The molecule has 1 aliphatic rings. The van der Waals surface area contributed by atoms with Crippen molar-refractivity contribution in [2.75, 3.05) is 18.0 Å². The highest BCUT2D eigenvalue weighted by atomic mass is 19.4. The molecular formula is C11H12F3N3O. The van der Waals surface area contributed by atoms with Crippen molar-refractivity contribution in [2.24, 2.45) is 0 Å². The van der Waals surface area contributed by atoms with E-state index < -0.39 is 18.8 Å². The van der Waals surface area contributed by atoms with Crippen LogP contribution >= 0.6 is 0 Å². The Kier molecular flexibility index (Phi) is 3.40. The molecule has 0 spiro atoms. The molecule has 1 unspecified atom stereocenters. The molecule has 0 aromatic carbocycles. The summed E-state index contributed by atoms with van der Waals surface area (Å²) in [5.41, 5.74) is 0.420. The lowest BCUT2D eigenvalue weighted by molar-refractivity contribution is -0.147. The zero-order valence-corrected chi connectivity index (χ0v) is 9.44. The van der Waals surface area contributed by atoms with Crippen LogP contribution in [-0.2, 0) is 4.79 Å². The van der Waals surface area contributed by atoms with Crippen molar-refractivity contribution in [3.05, 3.63) is 24.5 Å². The molecule has 1 saturated heterocycles. The van der Waals surface area contributed by atoms with Gasteiger partial charge in [-0.2, -0.15) is 13.2 Å². The first-order valence-electron chi connectivity index (χ1n) is 5.48. The fourth-order valence-corrected chi connectivity index (χ4v) is 1.92. The van der Waals surface area contributed by atoms with Gasteiger partial charge >= 0.3 is 6.18 Å². The van der Waals surface area contributed by atoms with E-state index in [4.69, 9.17) is 0 Å². The number of pyridine rings is 1. The van der Waals surface area contributed by atoms with Crippen molar-refractivity contribution < 1.29 is 18.0 Å². The first kappa shape index (κ1) is 12.7. The van der Waals surface area contributed by atoms with Gasteiger partial charge in [-0.25, -0.2) is 0 Å². The van der Waals surface area contributed by atoms with Gasteiger partial charge in [0.1, 0.15) is 6.04 Å². The van der Waals surface area contributed by atoms with Gasteiger partial charge in [-0.3, -0.25) is 9.78 Å². The third-order valence-electron chi connectivity index (χ3n) is 2.82. The summed E-state index contributed by atoms with van der Waals surface area (Å²) in [4.78, 5) is 16.2. The maximum absolute atomic E-state index is 13.0. The summed E-state index contributed by atoms with van der Waals surface area (Å²) >= 11 is 0. The lowest BCUT2D eigenvalue weighted by Gasteiger charge is -2.32. The fraction of sp³-hybridized carbons (Fsp3) is 0.455. The maximum atomic E-state index is 13.0. The zero-order valence-electron chi connectivity index (χ0n) is 9.44. The van der Waals surface area contributed by atoms with Crippen LogP contribution in [-0.4, -0.2) is 36.2 Å². The van der Waals surface area contributed by atoms with Gasteiger partial charge in [0.25, 0.3) is 0 Å². The van der Waals surface area contributed by atoms with E-state index >= 15 is 0 Å². The van der Waals surface area contributed by atoms with Gasteiger partial charge in [-0.15, -0.1) is 0 Å². The Morgan fingerprint density at radius 1 is 1.33 bits per heavy atom. The van der Waals surface area contributed by atoms with E-state index in [9.17, 15) is 18.0 Å². The second-order valence-electron chi connectivity index (χ2n) is 4.01. The largest absolute Gasteiger partial charge is 0.410 e. The van der Waals surface area contributed by atoms with Crippen molar-refractivity contribution in [3.63, 3.8) is 0 Å². The molecule has 4 nitrogen and oxygen atoms in total. The number of amides is 1. The Labute approximate surface area is 102 Å². The van der Waals surface area contributed by atoms with E-state index in [1.54, 1.807) is 0 Å². The molecule has 1 fully saturated rings. The smallest absolute Gasteiger partial charge is 0.358 e. The summed E-state index contributed by atoms with van der Waals surface area (Å²) in [7, 11) is 0. The summed E-state index contributed by atoms with van der Waals surface area (Å²) in [5, 5.41) is 2.28. The highest BCUT2D eigenvalue weighted by Crippen LogP contribution is 2.29. The number of nitrogens with one attached hydrogen (secondary N) is 1. The van der Waals surface area contributed by atoms with Gasteiger partial charge < -0.3 is 10.2 Å². The van der Waals surface area contributed by atoms with E-state index in [1.807, 2.05) is 0 Å². The molecule has 2 rings (SSSR count). The monoisotopic (exact) mass is 259 g/mol. The number of nitrogens with zero attached hydrogens (tertiary/aromatic N) is 2. The average Bonchev–Trinajstić information content (AvgIpc) is 2.52. The standard InChI is InChI=1S/C11H12F3N3O/c12-11(13,14)9-7-16-10(18)3-6-17(9)8-1-4-15-5-2-8/h1-2,4-5,9H,3,6-7H2,(H,16,18). The second-order valence-corrected chi connectivity index (χ2v) is 4.01. The Morgan fingerprint density at radius 2 is 2.00 bits per heavy atom. The molecule has 98 valence electrons. The van der Waals surface area contributed by atoms with E-state index in [2.05, 4.69) is 10.3 Å². The summed E-state index contributed by atoms with van der Waals surface area (Å²) in [6, 6.07) is 1.31. The van der Waals surface area contributed by atoms with Crippen LogP contribution in [0.25, 0.3) is 0 Å². The number of halogens is 3. The molecule has 1 aromatic heterocycles. The molecule has 0 saturated carbocycles. The normalized spacial score (nSPS) is 21.4. The highest BCUT2D eigenvalue weighted by Gasteiger charge is 2.44. The van der Waals surface area contributed by atoms with Crippen LogP contribution in [0.1, 0.15) is 6.42 Å². The number of hydrogen-bond acceptors (Lipinski definition) is 3. The van der Waals surface area contributed by atoms with E-state index in [-0.39, 0.29) is 18.9 Å². The molecule has 2 heterocycles. The first-order chi connectivity index (χ1) is 8.48. The molecule has 1 amide bonds. The molecule has 0 bridgehead atoms. The molecule has 1 aliphatic heterocycles. The van der Waals surface area contributed by atoms with Gasteiger partial charge in [0.05, 0.1) is 0 Å². The van der Waals surface area contributed by atoms with Crippen LogP contribution < -0.4 is 10.2 Å². The number of aromatic nitrogens is 1. The van der Waals surface area contributed by atoms with Crippen molar-refractivity contribution in [1.29, 1.82) is 0 Å². The van der Waals surface area contributed by atoms with Crippen LogP contribution in [0.15, 0.2) is 24.5 Å². The predicted octanol–water partition coefficient (Wildman–Crippen LogP) is 1.34. The molecule has 18 heavy (non-hydrogen) atoms. The minimum Gasteiger partial charge on any atom is -0.358 e. The minimum atomic E-state index is -4.39. The Balaban J connectivity index is 2.30. The van der Waals surface area contributed by atoms with Crippen molar-refractivity contribution in [3.8, 4) is 0 Å². The number of carbonyl (C=O) groups excluding carboxylic acids is 1. The highest BCUT2D eigenvalue weighted by molar-refractivity contribution is 5.77. The number of rotatable bonds is 1. The molecule has 1 aromatic rings. The summed E-state index contributed by atoms with van der Waals surface area (Å²) in [6.07, 6.45) is -1.47. The van der Waals surface area contributed by atoms with E-state index in [0.717, 1.165) is 0 Å². The Morgan fingerprint density at radius 3 is 2.61 bits per heavy atom. The van der Waals surface area contributed by atoms with Crippen LogP contribution in [0.2, 0.25) is 0 Å². The lowest BCUT2D eigenvalue weighted by atomic mass is 10.2. The van der Waals surface area contributed by atoms with Gasteiger partial charge in [0.2, 0.25) is 5.91 Å². The molecular weight excluding hydrogens is 247 g/mol. The third-order valence-corrected chi connectivity index (χ3v) is 2.82. The Bertz CT molecular complexity index is 421. The van der Waals surface area contributed by atoms with Crippen molar-refractivity contribution in [1.82, 2.24) is 10.3 Å². The van der Waals surface area contributed by atoms with Crippen molar-refractivity contribution in [2.45, 2.75) is 18.6 Å². The summed E-state index contributed by atoms with van der Waals surface area (Å²) in [6.45, 7) is -0.384.